The van der Waals surface area contributed by atoms with Crippen LogP contribution in [0.5, 0.6) is 0 Å². The number of para-hydroxylation sites is 2. The monoisotopic (exact) mass is 757 g/mol. The van der Waals surface area contributed by atoms with E-state index in [-0.39, 0.29) is 10.8 Å². The molecule has 3 atom stereocenters. The zero-order valence-corrected chi connectivity index (χ0v) is 33.8. The average Bonchev–Trinajstić information content (AvgIpc) is 4.04. The van der Waals surface area contributed by atoms with Crippen LogP contribution in [0.4, 0.5) is 17.1 Å². The zero-order chi connectivity index (χ0) is 39.3. The fourth-order valence-corrected chi connectivity index (χ4v) is 12.3. The average molecular weight is 758 g/mol. The quantitative estimate of drug-likeness (QED) is 0.163. The van der Waals surface area contributed by atoms with Gasteiger partial charge in [0.2, 0.25) is 0 Å². The molecule has 12 rings (SSSR count). The van der Waals surface area contributed by atoms with Crippen molar-refractivity contribution in [1.82, 2.24) is 0 Å². The molecule has 8 aromatic rings. The highest BCUT2D eigenvalue weighted by molar-refractivity contribution is 5.98. The van der Waals surface area contributed by atoms with Crippen molar-refractivity contribution in [2.45, 2.75) is 50.4 Å². The highest BCUT2D eigenvalue weighted by atomic mass is 15.1. The first-order valence-electron chi connectivity index (χ1n) is 21.6. The molecule has 0 radical (unpaired) electrons. The van der Waals surface area contributed by atoms with Gasteiger partial charge in [-0.15, -0.1) is 0 Å². The highest BCUT2D eigenvalue weighted by Gasteiger charge is 2.56. The minimum Gasteiger partial charge on any atom is -0.309 e. The van der Waals surface area contributed by atoms with Crippen LogP contribution < -0.4 is 4.90 Å². The van der Waals surface area contributed by atoms with Gasteiger partial charge in [-0.25, -0.2) is 0 Å². The Hall–Kier alpha value is -6.44. The van der Waals surface area contributed by atoms with Gasteiger partial charge in [-0.05, 0) is 122 Å². The molecule has 1 heteroatoms. The van der Waals surface area contributed by atoms with Crippen LogP contribution in [0.3, 0.4) is 0 Å². The van der Waals surface area contributed by atoms with Crippen LogP contribution in [-0.2, 0) is 10.8 Å². The topological polar surface area (TPSA) is 3.24 Å². The van der Waals surface area contributed by atoms with Gasteiger partial charge < -0.3 is 4.90 Å². The lowest BCUT2D eigenvalue weighted by Crippen LogP contribution is -2.32. The van der Waals surface area contributed by atoms with Crippen LogP contribution in [0.2, 0.25) is 0 Å². The lowest BCUT2D eigenvalue weighted by Gasteiger charge is -2.37. The maximum atomic E-state index is 2.61. The third kappa shape index (κ3) is 5.04. The summed E-state index contributed by atoms with van der Waals surface area (Å²) < 4.78 is 0. The van der Waals surface area contributed by atoms with Crippen molar-refractivity contribution in [2.75, 3.05) is 4.90 Å². The van der Waals surface area contributed by atoms with Crippen molar-refractivity contribution in [3.05, 3.63) is 210 Å². The summed E-state index contributed by atoms with van der Waals surface area (Å²) in [6.07, 6.45) is 5.32. The molecule has 2 bridgehead atoms. The van der Waals surface area contributed by atoms with Gasteiger partial charge in [-0.3, -0.25) is 0 Å². The molecular weight excluding hydrogens is 711 g/mol. The normalized spacial score (nSPS) is 20.0. The number of hydrogen-bond acceptors (Lipinski definition) is 1. The van der Waals surface area contributed by atoms with E-state index in [0.717, 1.165) is 5.92 Å². The minimum absolute atomic E-state index is 0.0822. The molecule has 2 saturated carbocycles. The maximum absolute atomic E-state index is 2.61. The zero-order valence-electron chi connectivity index (χ0n) is 33.8. The molecule has 1 spiro atoms. The summed E-state index contributed by atoms with van der Waals surface area (Å²) in [7, 11) is 0. The van der Waals surface area contributed by atoms with Crippen molar-refractivity contribution < 1.29 is 0 Å². The smallest absolute Gasteiger partial charge is 0.0540 e. The summed E-state index contributed by atoms with van der Waals surface area (Å²) in [6.45, 7) is 4.81. The van der Waals surface area contributed by atoms with Crippen molar-refractivity contribution in [3.8, 4) is 55.6 Å². The first-order chi connectivity index (χ1) is 29.0. The molecule has 0 N–H and O–H groups in total. The molecule has 1 nitrogen and oxygen atoms in total. The molecule has 0 saturated heterocycles. The highest BCUT2D eigenvalue weighted by Crippen LogP contribution is 2.66. The second-order valence-corrected chi connectivity index (χ2v) is 18.0. The van der Waals surface area contributed by atoms with Crippen LogP contribution in [-0.4, -0.2) is 0 Å². The van der Waals surface area contributed by atoms with E-state index in [1.807, 2.05) is 0 Å². The Bertz CT molecular complexity index is 2940. The number of benzene rings is 8. The standard InChI is InChI=1S/C58H47N/c1-57(2)51-23-10-6-19-46(51)49-21-14-22-50(56(49)57)48-20-9-13-26-55(48)59(54-25-12-8-17-44(54)41-30-28-40(29-31-41)39-15-4-3-5-16-39)43-33-34-47-45-18-7-11-24-52(45)58(53(47)36-43)37-38-27-32-42(58)35-38/h3-26,28-31,33-34,36,38,42H,27,32,35,37H2,1-2H3. The van der Waals surface area contributed by atoms with E-state index in [4.69, 9.17) is 0 Å². The van der Waals surface area contributed by atoms with E-state index >= 15 is 0 Å². The second-order valence-electron chi connectivity index (χ2n) is 18.0. The molecule has 0 aliphatic heterocycles. The van der Waals surface area contributed by atoms with Crippen LogP contribution in [0, 0.1) is 11.8 Å². The van der Waals surface area contributed by atoms with Crippen LogP contribution in [0.15, 0.2) is 188 Å². The SMILES string of the molecule is CC1(C)c2ccccc2-c2cccc(-c3ccccc3N(c3ccc4c(c3)C3(CC5CCC3C5)c3ccccc3-4)c3ccccc3-c3ccc(-c4ccccc4)cc3)c21. The number of rotatable bonds is 6. The van der Waals surface area contributed by atoms with E-state index < -0.39 is 0 Å². The first-order valence-corrected chi connectivity index (χ1v) is 21.6. The molecule has 0 amide bonds. The Morgan fingerprint density at radius 2 is 0.966 bits per heavy atom. The fourth-order valence-electron chi connectivity index (χ4n) is 12.3. The summed E-state index contributed by atoms with van der Waals surface area (Å²) in [5.74, 6) is 1.50. The van der Waals surface area contributed by atoms with Gasteiger partial charge in [0.15, 0.2) is 0 Å². The Balaban J connectivity index is 1.09. The van der Waals surface area contributed by atoms with Crippen molar-refractivity contribution in [2.24, 2.45) is 11.8 Å². The fraction of sp³-hybridized carbons (Fsp3) is 0.172. The van der Waals surface area contributed by atoms with E-state index in [2.05, 4.69) is 207 Å². The van der Waals surface area contributed by atoms with Crippen molar-refractivity contribution in [1.29, 1.82) is 0 Å². The molecule has 0 heterocycles. The molecule has 4 aliphatic carbocycles. The predicted octanol–water partition coefficient (Wildman–Crippen LogP) is 15.6. The van der Waals surface area contributed by atoms with Gasteiger partial charge in [0.25, 0.3) is 0 Å². The molecule has 2 fully saturated rings. The molecule has 59 heavy (non-hydrogen) atoms. The maximum Gasteiger partial charge on any atom is 0.0540 e. The van der Waals surface area contributed by atoms with Crippen molar-refractivity contribution in [3.63, 3.8) is 0 Å². The first kappa shape index (κ1) is 34.6. The van der Waals surface area contributed by atoms with Crippen LogP contribution >= 0.6 is 0 Å². The second kappa shape index (κ2) is 13.0. The third-order valence-corrected chi connectivity index (χ3v) is 14.8. The number of anilines is 3. The molecule has 0 aromatic heterocycles. The Labute approximate surface area is 348 Å². The number of fused-ring (bicyclic) bond motifs is 11. The summed E-state index contributed by atoms with van der Waals surface area (Å²) in [6, 6.07) is 70.9. The summed E-state index contributed by atoms with van der Waals surface area (Å²) in [4.78, 5) is 2.59. The Morgan fingerprint density at radius 1 is 0.424 bits per heavy atom. The molecule has 8 aromatic carbocycles. The lowest BCUT2D eigenvalue weighted by atomic mass is 9.67. The van der Waals surface area contributed by atoms with E-state index in [0.29, 0.717) is 5.92 Å². The van der Waals surface area contributed by atoms with Gasteiger partial charge in [-0.1, -0.05) is 184 Å². The number of hydrogen-bond donors (Lipinski definition) is 0. The van der Waals surface area contributed by atoms with E-state index in [9.17, 15) is 0 Å². The van der Waals surface area contributed by atoms with Crippen LogP contribution in [0.1, 0.15) is 61.8 Å². The lowest BCUT2D eigenvalue weighted by molar-refractivity contribution is 0.327. The molecule has 4 aliphatic rings. The van der Waals surface area contributed by atoms with Gasteiger partial charge in [0, 0.05) is 27.6 Å². The van der Waals surface area contributed by atoms with Crippen molar-refractivity contribution >= 4 is 17.1 Å². The Morgan fingerprint density at radius 3 is 1.68 bits per heavy atom. The molecular formula is C58H47N. The summed E-state index contributed by atoms with van der Waals surface area (Å²) in [5.41, 5.74) is 22.4. The number of nitrogens with zero attached hydrogens (tertiary/aromatic N) is 1. The minimum atomic E-state index is -0.146. The van der Waals surface area contributed by atoms with E-state index in [1.54, 1.807) is 5.56 Å². The van der Waals surface area contributed by atoms with Gasteiger partial charge in [-0.2, -0.15) is 0 Å². The largest absolute Gasteiger partial charge is 0.309 e. The van der Waals surface area contributed by atoms with Crippen LogP contribution in [0.25, 0.3) is 55.6 Å². The van der Waals surface area contributed by atoms with Gasteiger partial charge in [0.1, 0.15) is 0 Å². The summed E-state index contributed by atoms with van der Waals surface area (Å²) >= 11 is 0. The molecule has 284 valence electrons. The third-order valence-electron chi connectivity index (χ3n) is 14.8. The predicted molar refractivity (Wildman–Crippen MR) is 247 cm³/mol. The van der Waals surface area contributed by atoms with Gasteiger partial charge >= 0.3 is 0 Å². The van der Waals surface area contributed by atoms with Gasteiger partial charge in [0.05, 0.1) is 11.4 Å². The van der Waals surface area contributed by atoms with E-state index in [1.165, 1.54) is 115 Å². The molecule has 3 unspecified atom stereocenters. The summed E-state index contributed by atoms with van der Waals surface area (Å²) in [5, 5.41) is 0. The Kier molecular flexibility index (Phi) is 7.64.